The zero-order chi connectivity index (χ0) is 9.41. The van der Waals surface area contributed by atoms with Gasteiger partial charge in [0.25, 0.3) is 0 Å². The summed E-state index contributed by atoms with van der Waals surface area (Å²) < 4.78 is 6.08. The van der Waals surface area contributed by atoms with Gasteiger partial charge < -0.3 is 4.43 Å². The minimum atomic E-state index is -1.64. The van der Waals surface area contributed by atoms with E-state index in [1.165, 1.54) is 5.20 Å². The summed E-state index contributed by atoms with van der Waals surface area (Å²) in [6.07, 6.45) is 4.28. The Morgan fingerprint density at radius 2 is 1.92 bits per heavy atom. The van der Waals surface area contributed by atoms with E-state index >= 15 is 0 Å². The molecule has 0 aromatic rings. The normalized spacial score (nSPS) is 29.2. The zero-order valence-corrected chi connectivity index (χ0v) is 9.64. The number of hydrogen-bond acceptors (Lipinski definition) is 1. The van der Waals surface area contributed by atoms with Crippen molar-refractivity contribution in [2.75, 3.05) is 0 Å². The van der Waals surface area contributed by atoms with E-state index < -0.39 is 8.32 Å². The Balaban J connectivity index is 2.75. The van der Waals surface area contributed by atoms with Crippen LogP contribution in [-0.4, -0.2) is 13.9 Å². The second-order valence-corrected chi connectivity index (χ2v) is 8.07. The third-order valence-electron chi connectivity index (χ3n) is 2.06. The van der Waals surface area contributed by atoms with E-state index in [1.54, 1.807) is 0 Å². The first-order valence-electron chi connectivity index (χ1n) is 4.40. The average Bonchev–Trinajstić information content (AvgIpc) is 2.08. The summed E-state index contributed by atoms with van der Waals surface area (Å²) in [5.74, 6) is 0. The van der Waals surface area contributed by atoms with Crippen molar-refractivity contribution >= 4 is 8.32 Å². The van der Waals surface area contributed by atoms with Gasteiger partial charge >= 0.3 is 0 Å². The lowest BCUT2D eigenvalue weighted by atomic mass is 10.2. The topological polar surface area (TPSA) is 9.23 Å². The van der Waals surface area contributed by atoms with E-state index in [2.05, 4.69) is 52.1 Å². The highest BCUT2D eigenvalue weighted by molar-refractivity contribution is 6.85. The van der Waals surface area contributed by atoms with Crippen molar-refractivity contribution < 1.29 is 4.43 Å². The molecule has 1 atom stereocenters. The Hall–Kier alpha value is -0.343. The number of allylic oxidation sites excluding steroid dienone is 3. The summed E-state index contributed by atoms with van der Waals surface area (Å²) in [7, 11) is -1.64. The fourth-order valence-electron chi connectivity index (χ4n) is 1.42. The monoisotopic (exact) mass is 182 g/mol. The van der Waals surface area contributed by atoms with Crippen LogP contribution in [0.25, 0.3) is 0 Å². The Morgan fingerprint density at radius 3 is 2.25 bits per heavy atom. The first-order valence-corrected chi connectivity index (χ1v) is 6.89. The van der Waals surface area contributed by atoms with Gasteiger partial charge in [0, 0.05) is 5.60 Å². The van der Waals surface area contributed by atoms with Crippen LogP contribution in [0.15, 0.2) is 23.0 Å². The molecule has 0 radical (unpaired) electrons. The van der Waals surface area contributed by atoms with Crippen LogP contribution in [-0.2, 0) is 4.43 Å². The van der Waals surface area contributed by atoms with E-state index in [0.29, 0.717) is 0 Å². The summed E-state index contributed by atoms with van der Waals surface area (Å²) in [6, 6.07) is 0. The highest BCUT2D eigenvalue weighted by Gasteiger charge is 2.34. The largest absolute Gasteiger partial charge is 0.404 e. The molecule has 0 aromatic carbocycles. The Morgan fingerprint density at radius 1 is 1.33 bits per heavy atom. The van der Waals surface area contributed by atoms with E-state index in [4.69, 9.17) is 4.43 Å². The molecule has 0 aromatic heterocycles. The maximum atomic E-state index is 6.08. The summed E-state index contributed by atoms with van der Waals surface area (Å²) >= 11 is 0. The average molecular weight is 182 g/mol. The quantitative estimate of drug-likeness (QED) is 0.567. The third-order valence-corrected chi connectivity index (χ3v) is 5.66. The molecule has 0 amide bonds. The maximum Gasteiger partial charge on any atom is 0.242 e. The molecule has 1 unspecified atom stereocenters. The van der Waals surface area contributed by atoms with Gasteiger partial charge in [0.05, 0.1) is 0 Å². The van der Waals surface area contributed by atoms with E-state index in [0.717, 1.165) is 0 Å². The fraction of sp³-hybridized carbons (Fsp3) is 0.600. The van der Waals surface area contributed by atoms with E-state index in [9.17, 15) is 0 Å². The molecule has 1 nitrogen and oxygen atoms in total. The van der Waals surface area contributed by atoms with E-state index in [1.807, 2.05) is 0 Å². The molecule has 12 heavy (non-hydrogen) atoms. The van der Waals surface area contributed by atoms with Gasteiger partial charge in [-0.1, -0.05) is 23.0 Å². The number of hydrogen-bond donors (Lipinski definition) is 0. The van der Waals surface area contributed by atoms with Gasteiger partial charge in [-0.3, -0.25) is 0 Å². The highest BCUT2D eigenvalue weighted by Crippen LogP contribution is 2.27. The molecule has 0 saturated heterocycles. The van der Waals surface area contributed by atoms with Crippen LogP contribution >= 0.6 is 0 Å². The molecular weight excluding hydrogens is 164 g/mol. The molecule has 0 spiro atoms. The van der Waals surface area contributed by atoms with Crippen LogP contribution in [0.5, 0.6) is 0 Å². The van der Waals surface area contributed by atoms with E-state index in [-0.39, 0.29) is 5.60 Å². The van der Waals surface area contributed by atoms with Crippen LogP contribution in [0.2, 0.25) is 6.55 Å². The minimum Gasteiger partial charge on any atom is -0.404 e. The molecule has 0 aliphatic carbocycles. The standard InChI is InChI=1S/C10H18OSi/c1-9-7-6-8-12(9,5)11-10(2,3)4/h6-8H,1-5H3. The first kappa shape index (κ1) is 9.74. The molecule has 1 heterocycles. The van der Waals surface area contributed by atoms with Crippen molar-refractivity contribution in [1.82, 2.24) is 0 Å². The third kappa shape index (κ3) is 2.08. The second-order valence-electron chi connectivity index (χ2n) is 4.53. The lowest BCUT2D eigenvalue weighted by molar-refractivity contribution is 0.125. The molecule has 1 aliphatic heterocycles. The molecule has 1 rings (SSSR count). The smallest absolute Gasteiger partial charge is 0.242 e. The molecule has 0 saturated carbocycles. The van der Waals surface area contributed by atoms with Crippen LogP contribution in [0.1, 0.15) is 27.7 Å². The van der Waals surface area contributed by atoms with Crippen LogP contribution in [0.4, 0.5) is 0 Å². The van der Waals surface area contributed by atoms with Crippen molar-refractivity contribution in [3.63, 3.8) is 0 Å². The molecule has 0 fully saturated rings. The Labute approximate surface area is 76.3 Å². The van der Waals surface area contributed by atoms with Crippen LogP contribution in [0.3, 0.4) is 0 Å². The van der Waals surface area contributed by atoms with Gasteiger partial charge in [-0.25, -0.2) is 0 Å². The molecule has 1 aliphatic rings. The Bertz CT molecular complexity index is 235. The van der Waals surface area contributed by atoms with Gasteiger partial charge in [-0.05, 0) is 34.2 Å². The van der Waals surface area contributed by atoms with Crippen molar-refractivity contribution in [3.05, 3.63) is 23.0 Å². The van der Waals surface area contributed by atoms with Crippen LogP contribution < -0.4 is 0 Å². The first-order chi connectivity index (χ1) is 5.33. The molecule has 68 valence electrons. The van der Waals surface area contributed by atoms with Crippen molar-refractivity contribution in [1.29, 1.82) is 0 Å². The maximum absolute atomic E-state index is 6.08. The van der Waals surface area contributed by atoms with Crippen LogP contribution in [0, 0.1) is 0 Å². The summed E-state index contributed by atoms with van der Waals surface area (Å²) in [5, 5.41) is 1.41. The predicted octanol–water partition coefficient (Wildman–Crippen LogP) is 2.97. The Kier molecular flexibility index (Phi) is 2.32. The van der Waals surface area contributed by atoms with Crippen molar-refractivity contribution in [2.45, 2.75) is 39.8 Å². The van der Waals surface area contributed by atoms with Gasteiger partial charge in [-0.15, -0.1) is 0 Å². The fourth-order valence-corrected chi connectivity index (χ4v) is 4.08. The van der Waals surface area contributed by atoms with Crippen molar-refractivity contribution in [2.24, 2.45) is 0 Å². The predicted molar refractivity (Wildman–Crippen MR) is 55.4 cm³/mol. The molecule has 0 bridgehead atoms. The van der Waals surface area contributed by atoms with Gasteiger partial charge in [0.15, 0.2) is 0 Å². The molecule has 0 N–H and O–H groups in total. The minimum absolute atomic E-state index is 0.0231. The van der Waals surface area contributed by atoms with Gasteiger partial charge in [-0.2, -0.15) is 0 Å². The zero-order valence-electron chi connectivity index (χ0n) is 8.64. The molecule has 2 heteroatoms. The second kappa shape index (κ2) is 2.86. The van der Waals surface area contributed by atoms with Crippen molar-refractivity contribution in [3.8, 4) is 0 Å². The SMILES string of the molecule is CC1=CC=C[Si]1(C)OC(C)(C)C. The molecular formula is C10H18OSi. The van der Waals surface area contributed by atoms with Gasteiger partial charge in [0.2, 0.25) is 8.32 Å². The summed E-state index contributed by atoms with van der Waals surface area (Å²) in [6.45, 7) is 10.8. The van der Waals surface area contributed by atoms with Gasteiger partial charge in [0.1, 0.15) is 0 Å². The summed E-state index contributed by atoms with van der Waals surface area (Å²) in [5.41, 5.74) is 2.22. The summed E-state index contributed by atoms with van der Waals surface area (Å²) in [4.78, 5) is 0. The highest BCUT2D eigenvalue weighted by atomic mass is 28.4. The number of rotatable bonds is 1. The lowest BCUT2D eigenvalue weighted by Crippen LogP contribution is -2.40. The lowest BCUT2D eigenvalue weighted by Gasteiger charge is -2.32.